The molecule has 1 N–H and O–H groups in total. The van der Waals surface area contributed by atoms with Crippen LogP contribution in [0.5, 0.6) is 0 Å². The summed E-state index contributed by atoms with van der Waals surface area (Å²) < 4.78 is 5.37. The van der Waals surface area contributed by atoms with E-state index in [2.05, 4.69) is 10.2 Å². The standard InChI is InChI=1S/C13H17N3O3/c1-8-9(7-14-15-8)3-2-6-16-12(17)10-4-5-11(19-10)13(16)18/h7,10-11H,2-6H2,1H3,(H,14,15). The summed E-state index contributed by atoms with van der Waals surface area (Å²) >= 11 is 0. The molecule has 1 aromatic heterocycles. The molecule has 2 aliphatic heterocycles. The van der Waals surface area contributed by atoms with E-state index in [-0.39, 0.29) is 11.8 Å². The molecule has 2 unspecified atom stereocenters. The topological polar surface area (TPSA) is 75.3 Å². The average molecular weight is 263 g/mol. The number of hydrogen-bond donors (Lipinski definition) is 1. The Morgan fingerprint density at radius 3 is 2.63 bits per heavy atom. The Hall–Kier alpha value is -1.69. The molecular formula is C13H17N3O3. The number of nitrogens with zero attached hydrogens (tertiary/aromatic N) is 2. The molecule has 3 heterocycles. The second kappa shape index (κ2) is 4.77. The van der Waals surface area contributed by atoms with Crippen molar-refractivity contribution in [1.82, 2.24) is 15.1 Å². The lowest BCUT2D eigenvalue weighted by atomic mass is 10.1. The molecule has 0 saturated carbocycles. The molecular weight excluding hydrogens is 246 g/mol. The number of carbonyl (C=O) groups is 2. The van der Waals surface area contributed by atoms with E-state index < -0.39 is 12.2 Å². The van der Waals surface area contributed by atoms with Crippen molar-refractivity contribution in [2.45, 2.75) is 44.8 Å². The van der Waals surface area contributed by atoms with Gasteiger partial charge in [-0.05, 0) is 38.2 Å². The minimum atomic E-state index is -0.390. The number of morpholine rings is 1. The lowest BCUT2D eigenvalue weighted by molar-refractivity contribution is -0.168. The summed E-state index contributed by atoms with van der Waals surface area (Å²) in [6.07, 6.45) is 3.94. The third-order valence-corrected chi connectivity index (χ3v) is 3.86. The van der Waals surface area contributed by atoms with Gasteiger partial charge in [0.2, 0.25) is 0 Å². The number of H-pyrrole nitrogens is 1. The van der Waals surface area contributed by atoms with Crippen LogP contribution in [-0.4, -0.2) is 45.7 Å². The first-order valence-electron chi connectivity index (χ1n) is 6.66. The van der Waals surface area contributed by atoms with Crippen molar-refractivity contribution in [3.63, 3.8) is 0 Å². The monoisotopic (exact) mass is 263 g/mol. The van der Waals surface area contributed by atoms with Crippen molar-refractivity contribution in [3.8, 4) is 0 Å². The van der Waals surface area contributed by atoms with Crippen molar-refractivity contribution >= 4 is 11.8 Å². The maximum Gasteiger partial charge on any atom is 0.258 e. The number of aryl methyl sites for hydroxylation is 2. The van der Waals surface area contributed by atoms with Crippen molar-refractivity contribution in [1.29, 1.82) is 0 Å². The summed E-state index contributed by atoms with van der Waals surface area (Å²) in [5.74, 6) is -0.328. The number of aromatic amines is 1. The number of ether oxygens (including phenoxy) is 1. The third kappa shape index (κ3) is 2.16. The highest BCUT2D eigenvalue weighted by Gasteiger charge is 2.45. The van der Waals surface area contributed by atoms with Gasteiger partial charge < -0.3 is 4.74 Å². The Morgan fingerprint density at radius 2 is 2.05 bits per heavy atom. The Morgan fingerprint density at radius 1 is 1.37 bits per heavy atom. The normalized spacial score (nSPS) is 26.3. The molecule has 2 saturated heterocycles. The van der Waals surface area contributed by atoms with E-state index in [4.69, 9.17) is 4.74 Å². The number of hydrogen-bond acceptors (Lipinski definition) is 4. The highest BCUT2D eigenvalue weighted by molar-refractivity contribution is 6.02. The minimum absolute atomic E-state index is 0.164. The van der Waals surface area contributed by atoms with E-state index in [0.717, 1.165) is 24.1 Å². The van der Waals surface area contributed by atoms with Crippen LogP contribution in [0.15, 0.2) is 6.20 Å². The molecule has 0 spiro atoms. The van der Waals surface area contributed by atoms with Gasteiger partial charge in [-0.3, -0.25) is 19.6 Å². The fourth-order valence-electron chi connectivity index (χ4n) is 2.73. The molecule has 6 nitrogen and oxygen atoms in total. The molecule has 6 heteroatoms. The number of carbonyl (C=O) groups excluding carboxylic acids is 2. The van der Waals surface area contributed by atoms with Crippen LogP contribution in [0.4, 0.5) is 0 Å². The number of amides is 2. The van der Waals surface area contributed by atoms with Gasteiger partial charge in [0.15, 0.2) is 0 Å². The fourth-order valence-corrected chi connectivity index (χ4v) is 2.73. The number of nitrogens with one attached hydrogen (secondary N) is 1. The summed E-state index contributed by atoms with van der Waals surface area (Å²) in [6.45, 7) is 2.44. The van der Waals surface area contributed by atoms with Crippen molar-refractivity contribution in [2.75, 3.05) is 6.54 Å². The smallest absolute Gasteiger partial charge is 0.258 e. The van der Waals surface area contributed by atoms with Crippen LogP contribution < -0.4 is 0 Å². The van der Waals surface area contributed by atoms with Gasteiger partial charge in [0.05, 0.1) is 6.20 Å². The number of rotatable bonds is 4. The molecule has 0 aromatic carbocycles. The predicted octanol–water partition coefficient (Wildman–Crippen LogP) is 0.567. The highest BCUT2D eigenvalue weighted by atomic mass is 16.5. The Kier molecular flexibility index (Phi) is 3.10. The number of aromatic nitrogens is 2. The zero-order valence-electron chi connectivity index (χ0n) is 10.9. The summed E-state index contributed by atoms with van der Waals surface area (Å²) in [6, 6.07) is 0. The fraction of sp³-hybridized carbons (Fsp3) is 0.615. The molecule has 1 aromatic rings. The van der Waals surface area contributed by atoms with E-state index in [0.29, 0.717) is 19.4 Å². The van der Waals surface area contributed by atoms with Crippen LogP contribution >= 0.6 is 0 Å². The van der Waals surface area contributed by atoms with Gasteiger partial charge in [0.25, 0.3) is 11.8 Å². The van der Waals surface area contributed by atoms with E-state index >= 15 is 0 Å². The zero-order valence-corrected chi connectivity index (χ0v) is 10.9. The highest BCUT2D eigenvalue weighted by Crippen LogP contribution is 2.28. The molecule has 19 heavy (non-hydrogen) atoms. The van der Waals surface area contributed by atoms with Crippen LogP contribution in [0.1, 0.15) is 30.5 Å². The number of likely N-dealkylation sites (tertiary alicyclic amines) is 1. The van der Waals surface area contributed by atoms with E-state index in [9.17, 15) is 9.59 Å². The molecule has 0 aliphatic carbocycles. The Bertz CT molecular complexity index is 489. The lowest BCUT2D eigenvalue weighted by Crippen LogP contribution is -2.51. The second-order valence-corrected chi connectivity index (χ2v) is 5.14. The average Bonchev–Trinajstić information content (AvgIpc) is 3.00. The summed E-state index contributed by atoms with van der Waals surface area (Å²) in [4.78, 5) is 25.4. The maximum atomic E-state index is 12.0. The quantitative estimate of drug-likeness (QED) is 0.806. The van der Waals surface area contributed by atoms with Gasteiger partial charge >= 0.3 is 0 Å². The third-order valence-electron chi connectivity index (χ3n) is 3.86. The van der Waals surface area contributed by atoms with Gasteiger partial charge in [0, 0.05) is 12.2 Å². The minimum Gasteiger partial charge on any atom is -0.355 e. The van der Waals surface area contributed by atoms with E-state index in [1.54, 1.807) is 6.20 Å². The molecule has 2 bridgehead atoms. The molecule has 2 aliphatic rings. The first-order chi connectivity index (χ1) is 9.16. The molecule has 2 fully saturated rings. The number of imide groups is 1. The molecule has 0 radical (unpaired) electrons. The first kappa shape index (κ1) is 12.3. The van der Waals surface area contributed by atoms with Crippen LogP contribution in [0.2, 0.25) is 0 Å². The first-order valence-corrected chi connectivity index (χ1v) is 6.66. The van der Waals surface area contributed by atoms with Gasteiger partial charge in [-0.1, -0.05) is 0 Å². The predicted molar refractivity (Wildman–Crippen MR) is 66.3 cm³/mol. The molecule has 102 valence electrons. The zero-order chi connectivity index (χ0) is 13.4. The van der Waals surface area contributed by atoms with Crippen LogP contribution in [-0.2, 0) is 20.7 Å². The van der Waals surface area contributed by atoms with Crippen LogP contribution in [0.25, 0.3) is 0 Å². The van der Waals surface area contributed by atoms with Crippen LogP contribution in [0, 0.1) is 6.92 Å². The second-order valence-electron chi connectivity index (χ2n) is 5.14. The SMILES string of the molecule is Cc1[nH]ncc1CCCN1C(=O)C2CCC(O2)C1=O. The molecule has 3 rings (SSSR count). The van der Waals surface area contributed by atoms with E-state index in [1.165, 1.54) is 4.90 Å². The summed E-state index contributed by atoms with van der Waals surface area (Å²) in [5, 5.41) is 6.84. The lowest BCUT2D eigenvalue weighted by Gasteiger charge is -2.29. The van der Waals surface area contributed by atoms with Gasteiger partial charge in [-0.25, -0.2) is 0 Å². The number of fused-ring (bicyclic) bond motifs is 2. The summed E-state index contributed by atoms with van der Waals surface area (Å²) in [5.41, 5.74) is 2.18. The van der Waals surface area contributed by atoms with Gasteiger partial charge in [-0.15, -0.1) is 0 Å². The Labute approximate surface area is 111 Å². The van der Waals surface area contributed by atoms with Gasteiger partial charge in [-0.2, -0.15) is 5.10 Å². The van der Waals surface area contributed by atoms with Gasteiger partial charge in [0.1, 0.15) is 12.2 Å². The Balaban J connectivity index is 1.59. The largest absolute Gasteiger partial charge is 0.355 e. The molecule has 2 atom stereocenters. The van der Waals surface area contributed by atoms with Crippen molar-refractivity contribution in [2.24, 2.45) is 0 Å². The van der Waals surface area contributed by atoms with Crippen molar-refractivity contribution < 1.29 is 14.3 Å². The molecule has 2 amide bonds. The maximum absolute atomic E-state index is 12.0. The van der Waals surface area contributed by atoms with Crippen LogP contribution in [0.3, 0.4) is 0 Å². The van der Waals surface area contributed by atoms with E-state index in [1.807, 2.05) is 6.92 Å². The summed E-state index contributed by atoms with van der Waals surface area (Å²) in [7, 11) is 0. The van der Waals surface area contributed by atoms with Crippen molar-refractivity contribution in [3.05, 3.63) is 17.5 Å².